The number of Topliss-reactive ketones (excluding diaryl/α,β-unsaturated/α-hetero) is 1. The SMILES string of the molecule is CCOC(=O)CC(=O)CSc1nc(C)co1. The molecule has 0 bridgehead atoms. The second-order valence-corrected chi connectivity index (χ2v) is 3.99. The number of oxazole rings is 1. The quantitative estimate of drug-likeness (QED) is 0.429. The van der Waals surface area contributed by atoms with Crippen LogP contribution in [0, 0.1) is 6.92 Å². The van der Waals surface area contributed by atoms with Gasteiger partial charge in [-0.3, -0.25) is 9.59 Å². The summed E-state index contributed by atoms with van der Waals surface area (Å²) in [6, 6.07) is 0. The van der Waals surface area contributed by atoms with E-state index in [1.165, 1.54) is 18.0 Å². The van der Waals surface area contributed by atoms with Gasteiger partial charge in [-0.2, -0.15) is 0 Å². The Bertz CT molecular complexity index is 375. The van der Waals surface area contributed by atoms with E-state index in [2.05, 4.69) is 9.72 Å². The lowest BCUT2D eigenvalue weighted by molar-refractivity contribution is -0.145. The van der Waals surface area contributed by atoms with Gasteiger partial charge in [-0.15, -0.1) is 0 Å². The number of carbonyl (C=O) groups is 2. The molecule has 88 valence electrons. The molecular formula is C10H13NO4S. The van der Waals surface area contributed by atoms with Crippen molar-refractivity contribution in [3.8, 4) is 0 Å². The molecule has 5 nitrogen and oxygen atoms in total. The summed E-state index contributed by atoms with van der Waals surface area (Å²) in [5.74, 6) is -0.519. The highest BCUT2D eigenvalue weighted by Gasteiger charge is 2.12. The number of hydrogen-bond donors (Lipinski definition) is 0. The molecule has 1 aromatic rings. The third-order valence-corrected chi connectivity index (χ3v) is 2.50. The number of ether oxygens (including phenoxy) is 1. The summed E-state index contributed by atoms with van der Waals surface area (Å²) < 4.78 is 9.71. The number of hydrogen-bond acceptors (Lipinski definition) is 6. The largest absolute Gasteiger partial charge is 0.466 e. The van der Waals surface area contributed by atoms with E-state index in [1.54, 1.807) is 13.8 Å². The van der Waals surface area contributed by atoms with Gasteiger partial charge >= 0.3 is 5.97 Å². The molecule has 0 aliphatic heterocycles. The van der Waals surface area contributed by atoms with Crippen LogP contribution < -0.4 is 0 Å². The van der Waals surface area contributed by atoms with Crippen molar-refractivity contribution in [2.75, 3.05) is 12.4 Å². The minimum atomic E-state index is -0.489. The Hall–Kier alpha value is -1.30. The molecule has 6 heteroatoms. The minimum absolute atomic E-state index is 0.165. The van der Waals surface area contributed by atoms with Gasteiger partial charge in [0, 0.05) is 0 Å². The first-order chi connectivity index (χ1) is 7.61. The van der Waals surface area contributed by atoms with Crippen LogP contribution in [0.4, 0.5) is 0 Å². The van der Waals surface area contributed by atoms with Gasteiger partial charge in [-0.25, -0.2) is 4.98 Å². The second-order valence-electron chi connectivity index (χ2n) is 3.06. The molecule has 1 aromatic heterocycles. The fraction of sp³-hybridized carbons (Fsp3) is 0.500. The van der Waals surface area contributed by atoms with E-state index in [-0.39, 0.29) is 24.6 Å². The molecule has 16 heavy (non-hydrogen) atoms. The first-order valence-electron chi connectivity index (χ1n) is 4.84. The van der Waals surface area contributed by atoms with Crippen LogP contribution in [0.3, 0.4) is 0 Å². The van der Waals surface area contributed by atoms with E-state index in [0.717, 1.165) is 5.69 Å². The zero-order chi connectivity index (χ0) is 12.0. The monoisotopic (exact) mass is 243 g/mol. The van der Waals surface area contributed by atoms with Gasteiger partial charge in [-0.1, -0.05) is 11.8 Å². The Labute approximate surface area is 97.6 Å². The summed E-state index contributed by atoms with van der Waals surface area (Å²) in [5, 5.41) is 0.440. The maximum Gasteiger partial charge on any atom is 0.313 e. The fourth-order valence-corrected chi connectivity index (χ4v) is 1.68. The number of aromatic nitrogens is 1. The third-order valence-electron chi connectivity index (χ3n) is 1.60. The molecule has 0 saturated carbocycles. The Balaban J connectivity index is 2.27. The second kappa shape index (κ2) is 6.32. The van der Waals surface area contributed by atoms with Crippen LogP contribution >= 0.6 is 11.8 Å². The molecule has 0 aliphatic carbocycles. The van der Waals surface area contributed by atoms with Crippen molar-refractivity contribution in [3.63, 3.8) is 0 Å². The molecule has 0 saturated heterocycles. The summed E-state index contributed by atoms with van der Waals surface area (Å²) in [4.78, 5) is 26.3. The smallest absolute Gasteiger partial charge is 0.313 e. The average molecular weight is 243 g/mol. The highest BCUT2D eigenvalue weighted by molar-refractivity contribution is 7.99. The van der Waals surface area contributed by atoms with Gasteiger partial charge in [-0.05, 0) is 13.8 Å². The summed E-state index contributed by atoms with van der Waals surface area (Å²) in [6.45, 7) is 3.79. The number of thioether (sulfide) groups is 1. The van der Waals surface area contributed by atoms with Crippen molar-refractivity contribution in [1.29, 1.82) is 0 Å². The Morgan fingerprint density at radius 1 is 1.56 bits per heavy atom. The number of nitrogens with zero attached hydrogens (tertiary/aromatic N) is 1. The number of ketones is 1. The molecule has 0 spiro atoms. The molecule has 0 aromatic carbocycles. The van der Waals surface area contributed by atoms with Crippen molar-refractivity contribution in [1.82, 2.24) is 4.98 Å². The maximum atomic E-state index is 11.3. The van der Waals surface area contributed by atoms with E-state index in [0.29, 0.717) is 5.22 Å². The lowest BCUT2D eigenvalue weighted by Gasteiger charge is -1.99. The average Bonchev–Trinajstić information content (AvgIpc) is 2.61. The molecule has 0 aliphatic rings. The predicted molar refractivity (Wildman–Crippen MR) is 58.2 cm³/mol. The van der Waals surface area contributed by atoms with Crippen LogP contribution in [0.25, 0.3) is 0 Å². The molecule has 0 amide bonds. The van der Waals surface area contributed by atoms with Crippen LogP contribution in [0.15, 0.2) is 15.9 Å². The zero-order valence-electron chi connectivity index (χ0n) is 9.19. The van der Waals surface area contributed by atoms with Gasteiger partial charge in [0.1, 0.15) is 12.7 Å². The topological polar surface area (TPSA) is 69.4 Å². The molecule has 0 unspecified atom stereocenters. The van der Waals surface area contributed by atoms with Crippen LogP contribution in [-0.4, -0.2) is 29.1 Å². The first kappa shape index (κ1) is 12.8. The highest BCUT2D eigenvalue weighted by Crippen LogP contribution is 2.16. The minimum Gasteiger partial charge on any atom is -0.466 e. The Kier molecular flexibility index (Phi) is 5.04. The van der Waals surface area contributed by atoms with Crippen molar-refractivity contribution in [2.45, 2.75) is 25.5 Å². The van der Waals surface area contributed by atoms with Gasteiger partial charge in [0.05, 0.1) is 18.1 Å². The molecule has 0 radical (unpaired) electrons. The summed E-state index contributed by atoms with van der Waals surface area (Å²) in [7, 11) is 0. The summed E-state index contributed by atoms with van der Waals surface area (Å²) >= 11 is 1.17. The molecule has 0 atom stereocenters. The summed E-state index contributed by atoms with van der Waals surface area (Å²) in [6.07, 6.45) is 1.32. The van der Waals surface area contributed by atoms with Crippen molar-refractivity contribution in [2.24, 2.45) is 0 Å². The van der Waals surface area contributed by atoms with Crippen LogP contribution in [0.2, 0.25) is 0 Å². The number of carbonyl (C=O) groups excluding carboxylic acids is 2. The van der Waals surface area contributed by atoms with Crippen molar-refractivity contribution < 1.29 is 18.7 Å². The Morgan fingerprint density at radius 3 is 2.88 bits per heavy atom. The van der Waals surface area contributed by atoms with Crippen LogP contribution in [0.5, 0.6) is 0 Å². The number of aryl methyl sites for hydroxylation is 1. The van der Waals surface area contributed by atoms with Crippen LogP contribution in [-0.2, 0) is 14.3 Å². The zero-order valence-corrected chi connectivity index (χ0v) is 10.0. The van der Waals surface area contributed by atoms with E-state index in [4.69, 9.17) is 4.42 Å². The van der Waals surface area contributed by atoms with E-state index >= 15 is 0 Å². The van der Waals surface area contributed by atoms with Crippen molar-refractivity contribution in [3.05, 3.63) is 12.0 Å². The van der Waals surface area contributed by atoms with Crippen molar-refractivity contribution >= 4 is 23.5 Å². The first-order valence-corrected chi connectivity index (χ1v) is 5.82. The third kappa shape index (κ3) is 4.48. The standard InChI is InChI=1S/C10H13NO4S/c1-3-14-9(13)4-8(12)6-16-10-11-7(2)5-15-10/h5H,3-4,6H2,1-2H3. The van der Waals surface area contributed by atoms with E-state index < -0.39 is 5.97 Å². The van der Waals surface area contributed by atoms with E-state index in [1.807, 2.05) is 0 Å². The molecule has 1 rings (SSSR count). The normalized spacial score (nSPS) is 10.1. The molecule has 0 fully saturated rings. The van der Waals surface area contributed by atoms with Gasteiger partial charge in [0.25, 0.3) is 5.22 Å². The number of esters is 1. The van der Waals surface area contributed by atoms with E-state index in [9.17, 15) is 9.59 Å². The van der Waals surface area contributed by atoms with Gasteiger partial charge in [0.2, 0.25) is 0 Å². The lowest BCUT2D eigenvalue weighted by Crippen LogP contribution is -2.12. The number of rotatable bonds is 6. The predicted octanol–water partition coefficient (Wildman–Crippen LogP) is 1.60. The molecular weight excluding hydrogens is 230 g/mol. The summed E-state index contributed by atoms with van der Waals surface area (Å²) in [5.41, 5.74) is 0.764. The highest BCUT2D eigenvalue weighted by atomic mass is 32.2. The molecule has 0 N–H and O–H groups in total. The lowest BCUT2D eigenvalue weighted by atomic mass is 10.3. The van der Waals surface area contributed by atoms with Gasteiger partial charge < -0.3 is 9.15 Å². The van der Waals surface area contributed by atoms with Crippen LogP contribution in [0.1, 0.15) is 19.0 Å². The fourth-order valence-electron chi connectivity index (χ4n) is 0.965. The Morgan fingerprint density at radius 2 is 2.31 bits per heavy atom. The maximum absolute atomic E-state index is 11.3. The van der Waals surface area contributed by atoms with Gasteiger partial charge in [0.15, 0.2) is 5.78 Å². The molecule has 1 heterocycles.